The molecular weight excluding hydrogens is 228 g/mol. The molecule has 0 saturated carbocycles. The van der Waals surface area contributed by atoms with Gasteiger partial charge in [0.05, 0.1) is 0 Å². The monoisotopic (exact) mass is 242 g/mol. The number of nitrogens with zero attached hydrogens (tertiary/aromatic N) is 1. The number of rotatable bonds is 4. The van der Waals surface area contributed by atoms with E-state index in [9.17, 15) is 4.79 Å². The summed E-state index contributed by atoms with van der Waals surface area (Å²) in [5.41, 5.74) is 3.37. The number of nitrogens with one attached hydrogen (secondary N) is 1. The second-order valence-corrected chi connectivity index (χ2v) is 3.91. The molecule has 2 aromatic rings. The lowest BCUT2D eigenvalue weighted by atomic mass is 10.0. The molecule has 1 amide bonds. The van der Waals surface area contributed by atoms with Gasteiger partial charge in [0.1, 0.15) is 0 Å². The zero-order valence-corrected chi connectivity index (χ0v) is 9.84. The molecule has 0 aliphatic rings. The maximum atomic E-state index is 10.3. The molecule has 0 aliphatic carbocycles. The van der Waals surface area contributed by atoms with E-state index in [0.29, 0.717) is 13.0 Å². The van der Waals surface area contributed by atoms with Crippen LogP contribution >= 0.6 is 0 Å². The van der Waals surface area contributed by atoms with E-state index in [1.165, 1.54) is 0 Å². The SMILES string of the molecule is O=C(O)NCCc1ccc(-c2ccncc2)cc1. The maximum Gasteiger partial charge on any atom is 0.404 e. The van der Waals surface area contributed by atoms with Crippen molar-refractivity contribution in [2.45, 2.75) is 6.42 Å². The van der Waals surface area contributed by atoms with Crippen molar-refractivity contribution in [3.8, 4) is 11.1 Å². The normalized spacial score (nSPS) is 10.0. The smallest absolute Gasteiger partial charge is 0.404 e. The molecule has 0 bridgehead atoms. The fraction of sp³-hybridized carbons (Fsp3) is 0.143. The molecule has 0 fully saturated rings. The van der Waals surface area contributed by atoms with Gasteiger partial charge >= 0.3 is 6.09 Å². The van der Waals surface area contributed by atoms with Gasteiger partial charge in [-0.1, -0.05) is 24.3 Å². The van der Waals surface area contributed by atoms with Crippen LogP contribution in [0.5, 0.6) is 0 Å². The summed E-state index contributed by atoms with van der Waals surface area (Å²) in [6.07, 6.45) is 3.24. The third-order valence-corrected chi connectivity index (χ3v) is 2.66. The number of carboxylic acid groups (broad SMARTS) is 1. The Balaban J connectivity index is 2.00. The minimum absolute atomic E-state index is 0.434. The summed E-state index contributed by atoms with van der Waals surface area (Å²) in [5.74, 6) is 0. The molecule has 0 saturated heterocycles. The average molecular weight is 242 g/mol. The highest BCUT2D eigenvalue weighted by atomic mass is 16.4. The highest BCUT2D eigenvalue weighted by Crippen LogP contribution is 2.18. The van der Waals surface area contributed by atoms with E-state index in [0.717, 1.165) is 16.7 Å². The molecule has 1 heterocycles. The van der Waals surface area contributed by atoms with Gasteiger partial charge in [-0.25, -0.2) is 4.79 Å². The third kappa shape index (κ3) is 3.31. The summed E-state index contributed by atoms with van der Waals surface area (Å²) < 4.78 is 0. The van der Waals surface area contributed by atoms with Gasteiger partial charge < -0.3 is 10.4 Å². The van der Waals surface area contributed by atoms with E-state index < -0.39 is 6.09 Å². The summed E-state index contributed by atoms with van der Waals surface area (Å²) in [4.78, 5) is 14.3. The molecule has 2 N–H and O–H groups in total. The van der Waals surface area contributed by atoms with E-state index in [-0.39, 0.29) is 0 Å². The first kappa shape index (κ1) is 12.1. The predicted octanol–water partition coefficient (Wildman–Crippen LogP) is 2.56. The molecule has 0 atom stereocenters. The standard InChI is InChI=1S/C14H14N2O2/c17-14(18)16-10-5-11-1-3-12(4-2-11)13-6-8-15-9-7-13/h1-4,6-9,16H,5,10H2,(H,17,18). The first-order valence-corrected chi connectivity index (χ1v) is 5.72. The average Bonchev–Trinajstić information content (AvgIpc) is 2.40. The lowest BCUT2D eigenvalue weighted by molar-refractivity contribution is 0.194. The first-order chi connectivity index (χ1) is 8.75. The summed E-state index contributed by atoms with van der Waals surface area (Å²) in [5, 5.41) is 10.8. The van der Waals surface area contributed by atoms with Crippen LogP contribution in [0.25, 0.3) is 11.1 Å². The Bertz CT molecular complexity index is 509. The number of amides is 1. The van der Waals surface area contributed by atoms with Crippen molar-refractivity contribution < 1.29 is 9.90 Å². The highest BCUT2D eigenvalue weighted by Gasteiger charge is 1.99. The van der Waals surface area contributed by atoms with Gasteiger partial charge in [-0.3, -0.25) is 4.98 Å². The lowest BCUT2D eigenvalue weighted by Crippen LogP contribution is -2.23. The Kier molecular flexibility index (Phi) is 3.91. The fourth-order valence-corrected chi connectivity index (χ4v) is 1.72. The number of aromatic nitrogens is 1. The van der Waals surface area contributed by atoms with Crippen LogP contribution in [0.2, 0.25) is 0 Å². The number of benzene rings is 1. The summed E-state index contributed by atoms with van der Waals surface area (Å²) >= 11 is 0. The minimum atomic E-state index is -0.983. The van der Waals surface area contributed by atoms with E-state index in [4.69, 9.17) is 5.11 Å². The summed E-state index contributed by atoms with van der Waals surface area (Å²) in [6, 6.07) is 12.0. The van der Waals surface area contributed by atoms with Gasteiger partial charge in [0, 0.05) is 18.9 Å². The van der Waals surface area contributed by atoms with Crippen LogP contribution in [0.15, 0.2) is 48.8 Å². The van der Waals surface area contributed by atoms with Gasteiger partial charge in [0.2, 0.25) is 0 Å². The molecule has 1 aromatic heterocycles. The number of hydrogen-bond acceptors (Lipinski definition) is 2. The Hall–Kier alpha value is -2.36. The van der Waals surface area contributed by atoms with Gasteiger partial charge in [0.15, 0.2) is 0 Å². The van der Waals surface area contributed by atoms with Crippen LogP contribution in [0.1, 0.15) is 5.56 Å². The molecule has 92 valence electrons. The van der Waals surface area contributed by atoms with Crippen molar-refractivity contribution in [1.82, 2.24) is 10.3 Å². The third-order valence-electron chi connectivity index (χ3n) is 2.66. The zero-order valence-electron chi connectivity index (χ0n) is 9.84. The lowest BCUT2D eigenvalue weighted by Gasteiger charge is -2.04. The van der Waals surface area contributed by atoms with E-state index >= 15 is 0 Å². The van der Waals surface area contributed by atoms with Crippen LogP contribution in [0, 0.1) is 0 Å². The van der Waals surface area contributed by atoms with Crippen LogP contribution in [0.4, 0.5) is 4.79 Å². The summed E-state index contributed by atoms with van der Waals surface area (Å²) in [6.45, 7) is 0.434. The molecule has 4 nitrogen and oxygen atoms in total. The topological polar surface area (TPSA) is 62.2 Å². The molecule has 4 heteroatoms. The van der Waals surface area contributed by atoms with Gasteiger partial charge in [-0.05, 0) is 35.2 Å². The Morgan fingerprint density at radius 3 is 2.28 bits per heavy atom. The minimum Gasteiger partial charge on any atom is -0.465 e. The van der Waals surface area contributed by atoms with Crippen LogP contribution < -0.4 is 5.32 Å². The molecule has 1 aromatic carbocycles. The van der Waals surface area contributed by atoms with Crippen molar-refractivity contribution in [2.24, 2.45) is 0 Å². The summed E-state index contributed by atoms with van der Waals surface area (Å²) in [7, 11) is 0. The van der Waals surface area contributed by atoms with Crippen molar-refractivity contribution in [2.75, 3.05) is 6.54 Å². The van der Waals surface area contributed by atoms with Crippen molar-refractivity contribution in [3.05, 3.63) is 54.4 Å². The van der Waals surface area contributed by atoms with Gasteiger partial charge in [-0.2, -0.15) is 0 Å². The Morgan fingerprint density at radius 1 is 1.06 bits per heavy atom. The molecule has 0 spiro atoms. The fourth-order valence-electron chi connectivity index (χ4n) is 1.72. The van der Waals surface area contributed by atoms with E-state index in [2.05, 4.69) is 10.3 Å². The first-order valence-electron chi connectivity index (χ1n) is 5.72. The molecular formula is C14H14N2O2. The molecule has 0 aliphatic heterocycles. The number of carbonyl (C=O) groups is 1. The van der Waals surface area contributed by atoms with E-state index in [1.807, 2.05) is 36.4 Å². The highest BCUT2D eigenvalue weighted by molar-refractivity contribution is 5.64. The van der Waals surface area contributed by atoms with Crippen LogP contribution in [-0.2, 0) is 6.42 Å². The van der Waals surface area contributed by atoms with E-state index in [1.54, 1.807) is 12.4 Å². The molecule has 2 rings (SSSR count). The van der Waals surface area contributed by atoms with Crippen molar-refractivity contribution in [3.63, 3.8) is 0 Å². The molecule has 0 radical (unpaired) electrons. The second kappa shape index (κ2) is 5.82. The molecule has 18 heavy (non-hydrogen) atoms. The van der Waals surface area contributed by atoms with Gasteiger partial charge in [0.25, 0.3) is 0 Å². The van der Waals surface area contributed by atoms with Crippen LogP contribution in [-0.4, -0.2) is 22.7 Å². The number of pyridine rings is 1. The van der Waals surface area contributed by atoms with Gasteiger partial charge in [-0.15, -0.1) is 0 Å². The Labute approximate surface area is 105 Å². The zero-order chi connectivity index (χ0) is 12.8. The maximum absolute atomic E-state index is 10.3. The predicted molar refractivity (Wildman–Crippen MR) is 69.4 cm³/mol. The molecule has 0 unspecified atom stereocenters. The number of hydrogen-bond donors (Lipinski definition) is 2. The second-order valence-electron chi connectivity index (χ2n) is 3.91. The van der Waals surface area contributed by atoms with Crippen molar-refractivity contribution in [1.29, 1.82) is 0 Å². The quantitative estimate of drug-likeness (QED) is 0.866. The van der Waals surface area contributed by atoms with Crippen molar-refractivity contribution >= 4 is 6.09 Å². The van der Waals surface area contributed by atoms with Crippen LogP contribution in [0.3, 0.4) is 0 Å². The largest absolute Gasteiger partial charge is 0.465 e. The Morgan fingerprint density at radius 2 is 1.67 bits per heavy atom.